The van der Waals surface area contributed by atoms with Gasteiger partial charge in [0, 0.05) is 5.69 Å². The Balaban J connectivity index is 1.51. The molecule has 1 aliphatic rings. The molecule has 0 N–H and O–H groups in total. The average Bonchev–Trinajstić information content (AvgIpc) is 3.00. The van der Waals surface area contributed by atoms with E-state index in [0.717, 1.165) is 16.8 Å². The van der Waals surface area contributed by atoms with Crippen LogP contribution in [0.1, 0.15) is 28.4 Å². The zero-order valence-electron chi connectivity index (χ0n) is 16.8. The van der Waals surface area contributed by atoms with Crippen molar-refractivity contribution in [3.63, 3.8) is 0 Å². The number of nitrogens with zero attached hydrogens (tertiary/aromatic N) is 1. The highest BCUT2D eigenvalue weighted by Crippen LogP contribution is 2.43. The summed E-state index contributed by atoms with van der Waals surface area (Å²) in [6.45, 7) is 2.54. The van der Waals surface area contributed by atoms with E-state index in [-0.39, 0.29) is 18.5 Å². The van der Waals surface area contributed by atoms with Gasteiger partial charge in [-0.1, -0.05) is 72.8 Å². The highest BCUT2D eigenvalue weighted by molar-refractivity contribution is 6.09. The van der Waals surface area contributed by atoms with Crippen LogP contribution in [0, 0.1) is 0 Å². The van der Waals surface area contributed by atoms with Gasteiger partial charge < -0.3 is 9.64 Å². The second kappa shape index (κ2) is 8.37. The van der Waals surface area contributed by atoms with E-state index in [1.807, 2.05) is 78.6 Å². The molecular formula is C26H23NO3. The Labute approximate surface area is 176 Å². The molecule has 0 radical (unpaired) electrons. The lowest BCUT2D eigenvalue weighted by Gasteiger charge is -2.21. The van der Waals surface area contributed by atoms with Gasteiger partial charge >= 0.3 is 5.97 Å². The average molecular weight is 397 g/mol. The molecule has 0 spiro atoms. The fraction of sp³-hybridized carbons (Fsp3) is 0.154. The van der Waals surface area contributed by atoms with Crippen LogP contribution >= 0.6 is 0 Å². The Morgan fingerprint density at radius 1 is 0.933 bits per heavy atom. The summed E-state index contributed by atoms with van der Waals surface area (Å²) in [5.74, 6) is -0.368. The monoisotopic (exact) mass is 397 g/mol. The number of hydrogen-bond donors (Lipinski definition) is 0. The SMILES string of the molecule is CC1(/C=C/COC(=O)c2ccccc2)C(=O)N(Cc2ccccc2)c2ccccc21. The summed E-state index contributed by atoms with van der Waals surface area (Å²) in [5.41, 5.74) is 2.65. The van der Waals surface area contributed by atoms with Gasteiger partial charge in [0.1, 0.15) is 6.61 Å². The molecule has 0 saturated carbocycles. The van der Waals surface area contributed by atoms with Crippen LogP contribution < -0.4 is 4.90 Å². The molecule has 3 aromatic rings. The largest absolute Gasteiger partial charge is 0.458 e. The molecule has 0 fully saturated rings. The highest BCUT2D eigenvalue weighted by atomic mass is 16.5. The molecule has 1 heterocycles. The van der Waals surface area contributed by atoms with Crippen molar-refractivity contribution in [2.24, 2.45) is 0 Å². The van der Waals surface area contributed by atoms with Gasteiger partial charge in [0.2, 0.25) is 5.91 Å². The maximum atomic E-state index is 13.4. The molecule has 1 amide bonds. The number of hydrogen-bond acceptors (Lipinski definition) is 3. The van der Waals surface area contributed by atoms with Crippen molar-refractivity contribution in [3.05, 3.63) is 114 Å². The van der Waals surface area contributed by atoms with Gasteiger partial charge in [-0.15, -0.1) is 0 Å². The van der Waals surface area contributed by atoms with Gasteiger partial charge in [0.25, 0.3) is 0 Å². The van der Waals surface area contributed by atoms with Crippen molar-refractivity contribution >= 4 is 17.6 Å². The molecule has 4 nitrogen and oxygen atoms in total. The quantitative estimate of drug-likeness (QED) is 0.439. The Kier molecular flexibility index (Phi) is 5.48. The molecule has 30 heavy (non-hydrogen) atoms. The van der Waals surface area contributed by atoms with Crippen LogP contribution in [-0.2, 0) is 21.5 Å². The molecule has 0 aromatic heterocycles. The number of esters is 1. The predicted octanol–water partition coefficient (Wildman–Crippen LogP) is 4.90. The van der Waals surface area contributed by atoms with Crippen molar-refractivity contribution in [2.75, 3.05) is 11.5 Å². The van der Waals surface area contributed by atoms with Crippen molar-refractivity contribution < 1.29 is 14.3 Å². The summed E-state index contributed by atoms with van der Waals surface area (Å²) < 4.78 is 5.33. The van der Waals surface area contributed by atoms with E-state index in [2.05, 4.69) is 0 Å². The number of ether oxygens (including phenoxy) is 1. The van der Waals surface area contributed by atoms with E-state index in [1.54, 1.807) is 30.3 Å². The summed E-state index contributed by atoms with van der Waals surface area (Å²) in [6, 6.07) is 26.7. The molecule has 0 aliphatic carbocycles. The van der Waals surface area contributed by atoms with Crippen LogP contribution in [0.2, 0.25) is 0 Å². The summed E-state index contributed by atoms with van der Waals surface area (Å²) in [6.07, 6.45) is 3.60. The second-order valence-electron chi connectivity index (χ2n) is 7.46. The van der Waals surface area contributed by atoms with E-state index in [4.69, 9.17) is 4.74 Å². The third kappa shape index (κ3) is 3.77. The van der Waals surface area contributed by atoms with E-state index in [1.165, 1.54) is 0 Å². The molecule has 1 aliphatic heterocycles. The van der Waals surface area contributed by atoms with Crippen molar-refractivity contribution in [3.8, 4) is 0 Å². The first kappa shape index (κ1) is 19.6. The standard InChI is InChI=1S/C26H23NO3/c1-26(17-10-18-30-24(28)21-13-6-3-7-14-21)22-15-8-9-16-23(22)27(25(26)29)19-20-11-4-2-5-12-20/h2-17H,18-19H2,1H3/b17-10+. The van der Waals surface area contributed by atoms with Gasteiger partial charge in [0.15, 0.2) is 0 Å². The molecule has 0 bridgehead atoms. The first-order chi connectivity index (χ1) is 14.6. The first-order valence-corrected chi connectivity index (χ1v) is 9.95. The van der Waals surface area contributed by atoms with Crippen LogP contribution in [0.25, 0.3) is 0 Å². The maximum Gasteiger partial charge on any atom is 0.338 e. The van der Waals surface area contributed by atoms with Gasteiger partial charge in [-0.05, 0) is 42.3 Å². The number of carbonyl (C=O) groups excluding carboxylic acids is 2. The van der Waals surface area contributed by atoms with Crippen LogP contribution in [-0.4, -0.2) is 18.5 Å². The number of rotatable bonds is 6. The number of para-hydroxylation sites is 1. The lowest BCUT2D eigenvalue weighted by atomic mass is 9.83. The molecule has 150 valence electrons. The van der Waals surface area contributed by atoms with E-state index in [0.29, 0.717) is 12.1 Å². The Hall–Kier alpha value is -3.66. The van der Waals surface area contributed by atoms with Crippen LogP contribution in [0.5, 0.6) is 0 Å². The summed E-state index contributed by atoms with van der Waals surface area (Å²) in [4.78, 5) is 27.3. The van der Waals surface area contributed by atoms with Crippen LogP contribution in [0.15, 0.2) is 97.1 Å². The molecule has 4 rings (SSSR count). The number of amides is 1. The molecule has 3 aromatic carbocycles. The van der Waals surface area contributed by atoms with Crippen LogP contribution in [0.3, 0.4) is 0 Å². The van der Waals surface area contributed by atoms with Gasteiger partial charge in [-0.3, -0.25) is 4.79 Å². The van der Waals surface area contributed by atoms with E-state index in [9.17, 15) is 9.59 Å². The van der Waals surface area contributed by atoms with Crippen molar-refractivity contribution in [1.29, 1.82) is 0 Å². The Morgan fingerprint density at radius 2 is 1.57 bits per heavy atom. The van der Waals surface area contributed by atoms with Crippen molar-refractivity contribution in [1.82, 2.24) is 0 Å². The maximum absolute atomic E-state index is 13.4. The molecule has 4 heteroatoms. The highest BCUT2D eigenvalue weighted by Gasteiger charge is 2.45. The topological polar surface area (TPSA) is 46.6 Å². The zero-order valence-corrected chi connectivity index (χ0v) is 16.8. The zero-order chi connectivity index (χ0) is 21.0. The number of fused-ring (bicyclic) bond motifs is 1. The predicted molar refractivity (Wildman–Crippen MR) is 117 cm³/mol. The normalized spacial score (nSPS) is 17.9. The minimum atomic E-state index is -0.801. The second-order valence-corrected chi connectivity index (χ2v) is 7.46. The molecule has 1 atom stereocenters. The van der Waals surface area contributed by atoms with Gasteiger partial charge in [-0.2, -0.15) is 0 Å². The number of benzene rings is 3. The van der Waals surface area contributed by atoms with E-state index < -0.39 is 5.41 Å². The summed E-state index contributed by atoms with van der Waals surface area (Å²) in [7, 11) is 0. The lowest BCUT2D eigenvalue weighted by molar-refractivity contribution is -0.121. The summed E-state index contributed by atoms with van der Waals surface area (Å²) >= 11 is 0. The molecule has 1 unspecified atom stereocenters. The Bertz CT molecular complexity index is 1080. The minimum absolute atomic E-state index is 0.0122. The number of anilines is 1. The fourth-order valence-corrected chi connectivity index (χ4v) is 3.80. The smallest absolute Gasteiger partial charge is 0.338 e. The third-order valence-electron chi connectivity index (χ3n) is 5.40. The van der Waals surface area contributed by atoms with Gasteiger partial charge in [0.05, 0.1) is 17.5 Å². The molecule has 0 saturated heterocycles. The van der Waals surface area contributed by atoms with Crippen LogP contribution in [0.4, 0.5) is 5.69 Å². The van der Waals surface area contributed by atoms with E-state index >= 15 is 0 Å². The van der Waals surface area contributed by atoms with Gasteiger partial charge in [-0.25, -0.2) is 4.79 Å². The summed E-state index contributed by atoms with van der Waals surface area (Å²) in [5, 5.41) is 0. The molecular weight excluding hydrogens is 374 g/mol. The van der Waals surface area contributed by atoms with Crippen molar-refractivity contribution in [2.45, 2.75) is 18.9 Å². The number of carbonyl (C=O) groups is 2. The fourth-order valence-electron chi connectivity index (χ4n) is 3.80. The first-order valence-electron chi connectivity index (χ1n) is 9.95. The lowest BCUT2D eigenvalue weighted by Crippen LogP contribution is -2.36. The minimum Gasteiger partial charge on any atom is -0.458 e. The third-order valence-corrected chi connectivity index (χ3v) is 5.40. The Morgan fingerprint density at radius 3 is 2.30 bits per heavy atom.